The van der Waals surface area contributed by atoms with Crippen molar-refractivity contribution in [3.05, 3.63) is 109 Å². The number of benzene rings is 5. The highest BCUT2D eigenvalue weighted by Crippen LogP contribution is 2.45. The average Bonchev–Trinajstić information content (AvgIpc) is 3.69. The molecule has 182 valence electrons. The molecule has 4 nitrogen and oxygen atoms in total. The molecule has 4 heterocycles. The summed E-state index contributed by atoms with van der Waals surface area (Å²) in [5.41, 5.74) is 6.21. The molecule has 4 aromatic heterocycles. The second-order valence-electron chi connectivity index (χ2n) is 9.80. The summed E-state index contributed by atoms with van der Waals surface area (Å²) in [5.74, 6) is 0.628. The van der Waals surface area contributed by atoms with E-state index in [-0.39, 0.29) is 0 Å². The maximum Gasteiger partial charge on any atom is 0.227 e. The van der Waals surface area contributed by atoms with Gasteiger partial charge >= 0.3 is 0 Å². The standard InChI is InChI=1S/C34H18N2O2S/c1-4-10-26-23(7-1)29-30-24-8-2-6-12-28(24)39-34(30)36-31(32(29)37-26)21-15-13-20-18-22(16-14-19(20)17-21)33-35-25-9-3-5-11-27(25)38-33/h1-18H. The second kappa shape index (κ2) is 7.76. The van der Waals surface area contributed by atoms with Gasteiger partial charge in [0.2, 0.25) is 5.89 Å². The molecule has 0 saturated carbocycles. The minimum atomic E-state index is 0.628. The van der Waals surface area contributed by atoms with Crippen LogP contribution in [0.5, 0.6) is 0 Å². The molecule has 0 fully saturated rings. The van der Waals surface area contributed by atoms with Crippen LogP contribution in [-0.2, 0) is 0 Å². The van der Waals surface area contributed by atoms with Gasteiger partial charge in [0.15, 0.2) is 11.2 Å². The fourth-order valence-corrected chi connectivity index (χ4v) is 6.77. The zero-order valence-corrected chi connectivity index (χ0v) is 21.3. The van der Waals surface area contributed by atoms with Gasteiger partial charge in [0.25, 0.3) is 0 Å². The molecule has 5 aromatic carbocycles. The number of furan rings is 1. The number of nitrogens with zero attached hydrogens (tertiary/aromatic N) is 2. The smallest absolute Gasteiger partial charge is 0.227 e. The summed E-state index contributed by atoms with van der Waals surface area (Å²) >= 11 is 1.73. The highest BCUT2D eigenvalue weighted by Gasteiger charge is 2.21. The lowest BCUT2D eigenvalue weighted by Crippen LogP contribution is -1.87. The largest absolute Gasteiger partial charge is 0.454 e. The Morgan fingerprint density at radius 2 is 1.28 bits per heavy atom. The SMILES string of the molecule is c1ccc2oc(-c3ccc4cc(-c5nc6sc7ccccc7c6c6c5oc5ccccc56)ccc4c3)nc2c1. The number of fused-ring (bicyclic) bond motifs is 9. The Morgan fingerprint density at radius 1 is 0.564 bits per heavy atom. The van der Waals surface area contributed by atoms with E-state index in [1.54, 1.807) is 11.3 Å². The van der Waals surface area contributed by atoms with Gasteiger partial charge in [0.1, 0.15) is 21.6 Å². The molecule has 5 heteroatoms. The van der Waals surface area contributed by atoms with Crippen molar-refractivity contribution < 1.29 is 8.83 Å². The molecule has 0 N–H and O–H groups in total. The molecule has 0 aliphatic carbocycles. The molecule has 39 heavy (non-hydrogen) atoms. The minimum absolute atomic E-state index is 0.628. The maximum atomic E-state index is 6.50. The Balaban J connectivity index is 1.27. The summed E-state index contributed by atoms with van der Waals surface area (Å²) in [4.78, 5) is 10.9. The lowest BCUT2D eigenvalue weighted by Gasteiger charge is -2.07. The van der Waals surface area contributed by atoms with Gasteiger partial charge in [-0.3, -0.25) is 0 Å². The van der Waals surface area contributed by atoms with E-state index in [4.69, 9.17) is 13.8 Å². The van der Waals surface area contributed by atoms with Crippen molar-refractivity contribution in [3.8, 4) is 22.7 Å². The highest BCUT2D eigenvalue weighted by atomic mass is 32.1. The summed E-state index contributed by atoms with van der Waals surface area (Å²) in [6.45, 7) is 0. The first-order valence-corrected chi connectivity index (χ1v) is 13.6. The molecule has 0 saturated heterocycles. The van der Waals surface area contributed by atoms with Gasteiger partial charge in [-0.05, 0) is 53.2 Å². The maximum absolute atomic E-state index is 6.50. The number of hydrogen-bond acceptors (Lipinski definition) is 5. The van der Waals surface area contributed by atoms with Gasteiger partial charge in [-0.25, -0.2) is 9.97 Å². The van der Waals surface area contributed by atoms with Crippen molar-refractivity contribution in [2.24, 2.45) is 0 Å². The van der Waals surface area contributed by atoms with Crippen LogP contribution in [0.3, 0.4) is 0 Å². The summed E-state index contributed by atoms with van der Waals surface area (Å²) in [6.07, 6.45) is 0. The number of thiophene rings is 1. The van der Waals surface area contributed by atoms with E-state index in [1.165, 1.54) is 15.5 Å². The van der Waals surface area contributed by atoms with Crippen LogP contribution in [0.1, 0.15) is 0 Å². The number of hydrogen-bond donors (Lipinski definition) is 0. The van der Waals surface area contributed by atoms with Crippen LogP contribution in [0.15, 0.2) is 118 Å². The Hall–Kier alpha value is -5.00. The molecule has 0 spiro atoms. The highest BCUT2D eigenvalue weighted by molar-refractivity contribution is 7.25. The van der Waals surface area contributed by atoms with E-state index < -0.39 is 0 Å². The van der Waals surface area contributed by atoms with E-state index in [2.05, 4.69) is 77.8 Å². The normalized spacial score (nSPS) is 12.1. The molecule has 0 bridgehead atoms. The molecule has 0 unspecified atom stereocenters. The van der Waals surface area contributed by atoms with Gasteiger partial charge < -0.3 is 8.83 Å². The minimum Gasteiger partial charge on any atom is -0.454 e. The van der Waals surface area contributed by atoms with Crippen molar-refractivity contribution in [3.63, 3.8) is 0 Å². The van der Waals surface area contributed by atoms with Crippen LogP contribution in [0.4, 0.5) is 0 Å². The van der Waals surface area contributed by atoms with Gasteiger partial charge in [-0.2, -0.15) is 0 Å². The van der Waals surface area contributed by atoms with Gasteiger partial charge in [0, 0.05) is 37.4 Å². The molecule has 0 amide bonds. The average molecular weight is 519 g/mol. The van der Waals surface area contributed by atoms with Crippen LogP contribution in [-0.4, -0.2) is 9.97 Å². The zero-order chi connectivity index (χ0) is 25.5. The lowest BCUT2D eigenvalue weighted by atomic mass is 10.0. The van der Waals surface area contributed by atoms with Gasteiger partial charge in [0.05, 0.1) is 0 Å². The Bertz CT molecular complexity index is 2380. The van der Waals surface area contributed by atoms with Crippen molar-refractivity contribution >= 4 is 75.5 Å². The van der Waals surface area contributed by atoms with E-state index >= 15 is 0 Å². The zero-order valence-electron chi connectivity index (χ0n) is 20.5. The third-order valence-corrected chi connectivity index (χ3v) is 8.57. The predicted octanol–water partition coefficient (Wildman–Crippen LogP) is 9.98. The van der Waals surface area contributed by atoms with Crippen LogP contribution in [0.25, 0.3) is 86.8 Å². The molecular formula is C34H18N2O2S. The van der Waals surface area contributed by atoms with Crippen LogP contribution < -0.4 is 0 Å². The van der Waals surface area contributed by atoms with E-state index in [9.17, 15) is 0 Å². The Labute approximate surface area is 225 Å². The second-order valence-corrected chi connectivity index (χ2v) is 10.8. The molecule has 9 rings (SSSR count). The van der Waals surface area contributed by atoms with E-state index in [0.717, 1.165) is 65.5 Å². The topological polar surface area (TPSA) is 52.1 Å². The predicted molar refractivity (Wildman–Crippen MR) is 160 cm³/mol. The quantitative estimate of drug-likeness (QED) is 0.228. The molecule has 9 aromatic rings. The van der Waals surface area contributed by atoms with E-state index in [0.29, 0.717) is 5.89 Å². The first-order chi connectivity index (χ1) is 19.3. The first kappa shape index (κ1) is 21.0. The third-order valence-electron chi connectivity index (χ3n) is 7.51. The van der Waals surface area contributed by atoms with E-state index in [1.807, 2.05) is 36.4 Å². The number of para-hydroxylation sites is 3. The van der Waals surface area contributed by atoms with Crippen LogP contribution >= 0.6 is 11.3 Å². The molecule has 0 aliphatic heterocycles. The Kier molecular flexibility index (Phi) is 4.18. The number of pyridine rings is 1. The van der Waals surface area contributed by atoms with Crippen molar-refractivity contribution in [2.75, 3.05) is 0 Å². The summed E-state index contributed by atoms with van der Waals surface area (Å²) in [6, 6.07) is 37.4. The monoisotopic (exact) mass is 518 g/mol. The Morgan fingerprint density at radius 3 is 2.15 bits per heavy atom. The van der Waals surface area contributed by atoms with Crippen molar-refractivity contribution in [1.82, 2.24) is 9.97 Å². The number of aromatic nitrogens is 2. The molecular weight excluding hydrogens is 500 g/mol. The van der Waals surface area contributed by atoms with Gasteiger partial charge in [-0.1, -0.05) is 66.7 Å². The molecule has 0 radical (unpaired) electrons. The summed E-state index contributed by atoms with van der Waals surface area (Å²) < 4.78 is 13.7. The summed E-state index contributed by atoms with van der Waals surface area (Å²) in [7, 11) is 0. The first-order valence-electron chi connectivity index (χ1n) is 12.8. The van der Waals surface area contributed by atoms with Crippen LogP contribution in [0, 0.1) is 0 Å². The fourth-order valence-electron chi connectivity index (χ4n) is 5.68. The summed E-state index contributed by atoms with van der Waals surface area (Å²) in [5, 5.41) is 6.88. The molecule has 0 atom stereocenters. The third kappa shape index (κ3) is 3.05. The number of rotatable bonds is 2. The lowest BCUT2D eigenvalue weighted by molar-refractivity contribution is 0.620. The molecule has 0 aliphatic rings. The number of oxazole rings is 1. The van der Waals surface area contributed by atoms with Crippen molar-refractivity contribution in [2.45, 2.75) is 0 Å². The van der Waals surface area contributed by atoms with Crippen molar-refractivity contribution in [1.29, 1.82) is 0 Å². The fraction of sp³-hybridized carbons (Fsp3) is 0. The van der Waals surface area contributed by atoms with Crippen LogP contribution in [0.2, 0.25) is 0 Å². The van der Waals surface area contributed by atoms with Gasteiger partial charge in [-0.15, -0.1) is 11.3 Å².